The monoisotopic (exact) mass is 283 g/mol. The molecule has 0 fully saturated rings. The second kappa shape index (κ2) is 6.69. The van der Waals surface area contributed by atoms with Gasteiger partial charge in [-0.15, -0.1) is 0 Å². The van der Waals surface area contributed by atoms with Crippen molar-refractivity contribution in [3.63, 3.8) is 0 Å². The van der Waals surface area contributed by atoms with Gasteiger partial charge in [-0.25, -0.2) is 0 Å². The van der Waals surface area contributed by atoms with Crippen LogP contribution in [0.15, 0.2) is 6.07 Å². The molecule has 1 aromatic rings. The Bertz CT molecular complexity index is 530. The second-order valence-electron chi connectivity index (χ2n) is 4.26. The average molecular weight is 283 g/mol. The highest BCUT2D eigenvalue weighted by Crippen LogP contribution is 2.43. The van der Waals surface area contributed by atoms with Crippen molar-refractivity contribution in [1.82, 2.24) is 0 Å². The van der Waals surface area contributed by atoms with Crippen molar-refractivity contribution < 1.29 is 14.6 Å². The molecule has 0 unspecified atom stereocenters. The zero-order chi connectivity index (χ0) is 15.3. The number of aryl methyl sites for hydroxylation is 1. The summed E-state index contributed by atoms with van der Waals surface area (Å²) >= 11 is 0. The number of unbranched alkanes of at least 4 members (excludes halogenated alkanes) is 1. The third-order valence-corrected chi connectivity index (χ3v) is 2.83. The highest BCUT2D eigenvalue weighted by atomic mass is 16.6. The molecule has 1 rings (SSSR count). The largest absolute Gasteiger partial charge is 0.490 e. The lowest BCUT2D eigenvalue weighted by molar-refractivity contribution is -0.393. The van der Waals surface area contributed by atoms with E-state index in [9.17, 15) is 20.2 Å². The van der Waals surface area contributed by atoms with Gasteiger partial charge >= 0.3 is 5.69 Å². The van der Waals surface area contributed by atoms with Crippen LogP contribution in [0.5, 0.6) is 5.75 Å². The van der Waals surface area contributed by atoms with Gasteiger partial charge < -0.3 is 10.1 Å². The fraction of sp³-hybridized carbons (Fsp3) is 0.500. The molecule has 0 bridgehead atoms. The summed E-state index contributed by atoms with van der Waals surface area (Å²) in [5.41, 5.74) is -0.454. The van der Waals surface area contributed by atoms with Crippen LogP contribution >= 0.6 is 0 Å². The maximum Gasteiger partial charge on any atom is 0.341 e. The Kier molecular flexibility index (Phi) is 5.24. The lowest BCUT2D eigenvalue weighted by atomic mass is 10.1. The first kappa shape index (κ1) is 15.7. The quantitative estimate of drug-likeness (QED) is 0.468. The molecule has 1 N–H and O–H groups in total. The Morgan fingerprint density at radius 2 is 1.95 bits per heavy atom. The molecule has 0 amide bonds. The minimum atomic E-state index is -0.660. The number of nitrogens with zero attached hydrogens (tertiary/aromatic N) is 2. The Labute approximate surface area is 116 Å². The summed E-state index contributed by atoms with van der Waals surface area (Å²) in [6.45, 7) is 3.92. The van der Waals surface area contributed by atoms with E-state index in [-0.39, 0.29) is 17.1 Å². The van der Waals surface area contributed by atoms with E-state index < -0.39 is 15.5 Å². The highest BCUT2D eigenvalue weighted by Gasteiger charge is 2.31. The van der Waals surface area contributed by atoms with Gasteiger partial charge in [-0.1, -0.05) is 13.3 Å². The first-order valence-electron chi connectivity index (χ1n) is 6.18. The number of benzene rings is 1. The van der Waals surface area contributed by atoms with Crippen molar-refractivity contribution >= 4 is 17.1 Å². The summed E-state index contributed by atoms with van der Waals surface area (Å²) in [5, 5.41) is 25.1. The molecule has 0 aliphatic carbocycles. The standard InChI is InChI=1S/C12H17N3O5/c1-4-5-6-13-10-9(14(16)17)7-8(2)12(20-3)11(10)15(18)19/h7,13H,4-6H2,1-3H3. The van der Waals surface area contributed by atoms with Crippen LogP contribution in [0.25, 0.3) is 0 Å². The highest BCUT2D eigenvalue weighted by molar-refractivity contribution is 5.80. The van der Waals surface area contributed by atoms with Crippen LogP contribution in [0, 0.1) is 27.2 Å². The van der Waals surface area contributed by atoms with Crippen LogP contribution in [0.3, 0.4) is 0 Å². The fourth-order valence-electron chi connectivity index (χ4n) is 1.90. The number of anilines is 1. The minimum absolute atomic E-state index is 0.0413. The third-order valence-electron chi connectivity index (χ3n) is 2.83. The number of hydrogen-bond acceptors (Lipinski definition) is 6. The van der Waals surface area contributed by atoms with Gasteiger partial charge in [-0.2, -0.15) is 0 Å². The van der Waals surface area contributed by atoms with E-state index >= 15 is 0 Å². The number of nitrogens with one attached hydrogen (secondary N) is 1. The van der Waals surface area contributed by atoms with Gasteiger partial charge in [-0.05, 0) is 13.3 Å². The predicted octanol–water partition coefficient (Wildman–Crippen LogP) is 3.03. The zero-order valence-electron chi connectivity index (χ0n) is 11.6. The van der Waals surface area contributed by atoms with E-state index in [0.717, 1.165) is 12.8 Å². The van der Waals surface area contributed by atoms with Gasteiger partial charge in [0.25, 0.3) is 5.69 Å². The molecule has 0 atom stereocenters. The van der Waals surface area contributed by atoms with Crippen molar-refractivity contribution in [2.24, 2.45) is 0 Å². The molecule has 0 saturated heterocycles. The summed E-state index contributed by atoms with van der Waals surface area (Å²) in [5.74, 6) is 0.0413. The average Bonchev–Trinajstić information content (AvgIpc) is 2.38. The Balaban J connectivity index is 3.46. The number of rotatable bonds is 7. The maximum absolute atomic E-state index is 11.2. The molecule has 0 aromatic heterocycles. The molecular formula is C12H17N3O5. The molecule has 20 heavy (non-hydrogen) atoms. The van der Waals surface area contributed by atoms with Gasteiger partial charge in [0, 0.05) is 18.2 Å². The van der Waals surface area contributed by atoms with Crippen LogP contribution in [0.4, 0.5) is 17.1 Å². The maximum atomic E-state index is 11.2. The number of hydrogen-bond donors (Lipinski definition) is 1. The summed E-state index contributed by atoms with van der Waals surface area (Å²) in [6, 6.07) is 1.28. The van der Waals surface area contributed by atoms with E-state index in [1.54, 1.807) is 0 Å². The molecule has 8 heteroatoms. The summed E-state index contributed by atoms with van der Waals surface area (Å²) in [7, 11) is 1.30. The van der Waals surface area contributed by atoms with Gasteiger partial charge in [0.15, 0.2) is 5.69 Å². The van der Waals surface area contributed by atoms with Crippen molar-refractivity contribution in [3.8, 4) is 5.75 Å². The predicted molar refractivity (Wildman–Crippen MR) is 74.4 cm³/mol. The molecular weight excluding hydrogens is 266 g/mol. The lowest BCUT2D eigenvalue weighted by Gasteiger charge is -2.12. The number of methoxy groups -OCH3 is 1. The van der Waals surface area contributed by atoms with Crippen LogP contribution in [-0.2, 0) is 0 Å². The molecule has 0 aliphatic rings. The van der Waals surface area contributed by atoms with Crippen molar-refractivity contribution in [2.45, 2.75) is 26.7 Å². The molecule has 0 spiro atoms. The second-order valence-corrected chi connectivity index (χ2v) is 4.26. The Hall–Kier alpha value is -2.38. The van der Waals surface area contributed by atoms with E-state index in [1.165, 1.54) is 20.1 Å². The zero-order valence-corrected chi connectivity index (χ0v) is 11.6. The number of nitro benzene ring substituents is 2. The Morgan fingerprint density at radius 3 is 2.40 bits per heavy atom. The van der Waals surface area contributed by atoms with E-state index in [4.69, 9.17) is 4.74 Å². The first-order valence-corrected chi connectivity index (χ1v) is 6.18. The molecule has 110 valence electrons. The SMILES string of the molecule is CCCCNc1c([N+](=O)[O-])cc(C)c(OC)c1[N+](=O)[O-]. The molecule has 8 nitrogen and oxygen atoms in total. The lowest BCUT2D eigenvalue weighted by Crippen LogP contribution is -2.09. The minimum Gasteiger partial charge on any atom is -0.490 e. The number of nitro groups is 2. The molecule has 0 aliphatic heterocycles. The van der Waals surface area contributed by atoms with Crippen LogP contribution in [-0.4, -0.2) is 23.5 Å². The van der Waals surface area contributed by atoms with Gasteiger partial charge in [0.05, 0.1) is 17.0 Å². The van der Waals surface area contributed by atoms with Gasteiger partial charge in [0.2, 0.25) is 5.75 Å². The van der Waals surface area contributed by atoms with E-state index in [1.807, 2.05) is 6.92 Å². The topological polar surface area (TPSA) is 108 Å². The third kappa shape index (κ3) is 3.14. The molecule has 0 saturated carbocycles. The van der Waals surface area contributed by atoms with Crippen LogP contribution in [0.2, 0.25) is 0 Å². The molecule has 0 radical (unpaired) electrons. The van der Waals surface area contributed by atoms with Gasteiger partial charge in [-0.3, -0.25) is 20.2 Å². The van der Waals surface area contributed by atoms with Crippen molar-refractivity contribution in [2.75, 3.05) is 19.0 Å². The van der Waals surface area contributed by atoms with Gasteiger partial charge in [0.1, 0.15) is 0 Å². The smallest absolute Gasteiger partial charge is 0.341 e. The number of ether oxygens (including phenoxy) is 1. The van der Waals surface area contributed by atoms with Crippen molar-refractivity contribution in [1.29, 1.82) is 0 Å². The first-order chi connectivity index (χ1) is 9.43. The summed E-state index contributed by atoms with van der Waals surface area (Å²) in [6.07, 6.45) is 1.63. The summed E-state index contributed by atoms with van der Waals surface area (Å²) < 4.78 is 5.01. The van der Waals surface area contributed by atoms with Crippen LogP contribution in [0.1, 0.15) is 25.3 Å². The van der Waals surface area contributed by atoms with Crippen LogP contribution < -0.4 is 10.1 Å². The molecule has 0 heterocycles. The van der Waals surface area contributed by atoms with E-state index in [0.29, 0.717) is 12.1 Å². The summed E-state index contributed by atoms with van der Waals surface area (Å²) in [4.78, 5) is 21.0. The Morgan fingerprint density at radius 1 is 1.30 bits per heavy atom. The molecule has 1 aromatic carbocycles. The van der Waals surface area contributed by atoms with E-state index in [2.05, 4.69) is 5.32 Å². The normalized spacial score (nSPS) is 10.2. The fourth-order valence-corrected chi connectivity index (χ4v) is 1.90. The van der Waals surface area contributed by atoms with Crippen molar-refractivity contribution in [3.05, 3.63) is 31.9 Å².